The van der Waals surface area contributed by atoms with Crippen LogP contribution in [0, 0.1) is 6.92 Å². The molecule has 1 amide bonds. The van der Waals surface area contributed by atoms with Crippen LogP contribution < -0.4 is 48.5 Å². The second-order valence-corrected chi connectivity index (χ2v) is 12.1. The lowest BCUT2D eigenvalue weighted by molar-refractivity contribution is 0.0935. The third-order valence-corrected chi connectivity index (χ3v) is 8.77. The predicted octanol–water partition coefficient (Wildman–Crippen LogP) is 7.46. The standard InChI is InChI=1S/C40H43N3O10/c1-23-10-12-28-27(16-23)40(44)42-39(41-28)24-11-13-30(32(17-24)45-2)51-14-8-9-15-52-38-35(48-5)18-25(19-36(38)49-6)29-22-31(53-43-29)26-20-33(46-3)37(50-7)34(21-26)47-4/h10-13,16-22,39,41H,8-9,14-15H2,1-7H3,(H,42,44). The van der Waals surface area contributed by atoms with Crippen molar-refractivity contribution in [3.63, 3.8) is 0 Å². The fourth-order valence-electron chi connectivity index (χ4n) is 6.02. The van der Waals surface area contributed by atoms with Crippen LogP contribution in [0.2, 0.25) is 0 Å². The van der Waals surface area contributed by atoms with Gasteiger partial charge in [0.1, 0.15) is 11.9 Å². The highest BCUT2D eigenvalue weighted by molar-refractivity contribution is 6.02. The molecule has 1 atom stereocenters. The first kappa shape index (κ1) is 36.5. The van der Waals surface area contributed by atoms with Crippen LogP contribution in [-0.2, 0) is 0 Å². The Morgan fingerprint density at radius 2 is 1.25 bits per heavy atom. The highest BCUT2D eigenvalue weighted by atomic mass is 16.5. The molecule has 0 fully saturated rings. The first-order valence-corrected chi connectivity index (χ1v) is 17.0. The van der Waals surface area contributed by atoms with E-state index in [4.69, 9.17) is 42.4 Å². The summed E-state index contributed by atoms with van der Waals surface area (Å²) in [6.45, 7) is 2.80. The Kier molecular flexibility index (Phi) is 11.3. The second-order valence-electron chi connectivity index (χ2n) is 12.1. The zero-order valence-corrected chi connectivity index (χ0v) is 30.8. The molecule has 6 rings (SSSR count). The third-order valence-electron chi connectivity index (χ3n) is 8.77. The van der Waals surface area contributed by atoms with E-state index in [-0.39, 0.29) is 5.91 Å². The van der Waals surface area contributed by atoms with Crippen molar-refractivity contribution in [3.05, 3.63) is 83.4 Å². The van der Waals surface area contributed by atoms with Crippen LogP contribution in [0.25, 0.3) is 22.6 Å². The van der Waals surface area contributed by atoms with Gasteiger partial charge in [-0.15, -0.1) is 0 Å². The molecule has 1 aromatic heterocycles. The van der Waals surface area contributed by atoms with Crippen molar-refractivity contribution in [2.24, 2.45) is 0 Å². The SMILES string of the molecule is COc1cc(C2NC(=O)c3cc(C)ccc3N2)ccc1OCCCCOc1c(OC)cc(-c2cc(-c3cc(OC)c(OC)c(OC)c3)on2)cc1OC. The van der Waals surface area contributed by atoms with Gasteiger partial charge in [0.15, 0.2) is 40.3 Å². The van der Waals surface area contributed by atoms with Crippen LogP contribution in [-0.4, -0.2) is 66.9 Å². The highest BCUT2D eigenvalue weighted by Crippen LogP contribution is 2.44. The zero-order valence-electron chi connectivity index (χ0n) is 30.8. The van der Waals surface area contributed by atoms with Crippen molar-refractivity contribution in [3.8, 4) is 68.6 Å². The van der Waals surface area contributed by atoms with Crippen LogP contribution in [0.5, 0.6) is 46.0 Å². The number of unbranched alkanes of at least 4 members (excludes halogenated alkanes) is 1. The zero-order chi connectivity index (χ0) is 37.5. The fraction of sp³-hybridized carbons (Fsp3) is 0.300. The molecule has 13 nitrogen and oxygen atoms in total. The topological polar surface area (TPSA) is 141 Å². The van der Waals surface area contributed by atoms with Gasteiger partial charge in [0.05, 0.1) is 61.4 Å². The summed E-state index contributed by atoms with van der Waals surface area (Å²) >= 11 is 0. The largest absolute Gasteiger partial charge is 0.493 e. The molecule has 0 bridgehead atoms. The molecule has 13 heteroatoms. The van der Waals surface area contributed by atoms with E-state index in [2.05, 4.69) is 15.8 Å². The monoisotopic (exact) mass is 725 g/mol. The van der Waals surface area contributed by atoms with Gasteiger partial charge in [-0.2, -0.15) is 0 Å². The van der Waals surface area contributed by atoms with E-state index in [0.29, 0.717) is 100 Å². The number of nitrogens with zero attached hydrogens (tertiary/aromatic N) is 1. The predicted molar refractivity (Wildman–Crippen MR) is 198 cm³/mol. The number of amides is 1. The quantitative estimate of drug-likeness (QED) is 0.0976. The fourth-order valence-corrected chi connectivity index (χ4v) is 6.02. The Hall–Kier alpha value is -6.24. The molecule has 278 valence electrons. The Balaban J connectivity index is 1.06. The molecule has 1 aliphatic heterocycles. The average molecular weight is 726 g/mol. The van der Waals surface area contributed by atoms with Crippen molar-refractivity contribution in [2.75, 3.05) is 61.2 Å². The number of carbonyl (C=O) groups is 1. The number of nitrogens with one attached hydrogen (secondary N) is 2. The van der Waals surface area contributed by atoms with Crippen LogP contribution in [0.1, 0.15) is 40.5 Å². The number of hydrogen-bond donors (Lipinski definition) is 2. The molecule has 0 spiro atoms. The van der Waals surface area contributed by atoms with E-state index >= 15 is 0 Å². The summed E-state index contributed by atoms with van der Waals surface area (Å²) in [7, 11) is 9.39. The average Bonchev–Trinajstić information content (AvgIpc) is 3.69. The first-order valence-electron chi connectivity index (χ1n) is 17.0. The number of hydrogen-bond acceptors (Lipinski definition) is 12. The first-order chi connectivity index (χ1) is 25.8. The lowest BCUT2D eigenvalue weighted by Gasteiger charge is -2.28. The van der Waals surface area contributed by atoms with Crippen LogP contribution in [0.3, 0.4) is 0 Å². The molecule has 1 unspecified atom stereocenters. The number of rotatable bonds is 16. The number of aromatic nitrogens is 1. The van der Waals surface area contributed by atoms with Gasteiger partial charge < -0.3 is 53.1 Å². The molecule has 0 saturated heterocycles. The summed E-state index contributed by atoms with van der Waals surface area (Å²) in [4.78, 5) is 12.8. The maximum atomic E-state index is 12.8. The van der Waals surface area contributed by atoms with Gasteiger partial charge in [0, 0.05) is 22.9 Å². The van der Waals surface area contributed by atoms with Gasteiger partial charge in [-0.3, -0.25) is 4.79 Å². The number of fused-ring (bicyclic) bond motifs is 1. The summed E-state index contributed by atoms with van der Waals surface area (Å²) in [6.07, 6.45) is 1.02. The number of ether oxygens (including phenoxy) is 8. The van der Waals surface area contributed by atoms with Crippen molar-refractivity contribution in [1.29, 1.82) is 0 Å². The molecular weight excluding hydrogens is 682 g/mol. The molecule has 53 heavy (non-hydrogen) atoms. The minimum atomic E-state index is -0.400. The molecule has 4 aromatic carbocycles. The summed E-state index contributed by atoms with van der Waals surface area (Å²) in [5.41, 5.74) is 5.26. The lowest BCUT2D eigenvalue weighted by atomic mass is 10.0. The van der Waals surface area contributed by atoms with Crippen LogP contribution >= 0.6 is 0 Å². The smallest absolute Gasteiger partial charge is 0.255 e. The number of carbonyl (C=O) groups excluding carboxylic acids is 1. The Morgan fingerprint density at radius 3 is 1.89 bits per heavy atom. The van der Waals surface area contributed by atoms with E-state index < -0.39 is 6.17 Å². The number of methoxy groups -OCH3 is 6. The Labute approximate surface area is 308 Å². The number of benzene rings is 4. The Morgan fingerprint density at radius 1 is 0.623 bits per heavy atom. The van der Waals surface area contributed by atoms with Crippen LogP contribution in [0.15, 0.2) is 71.3 Å². The van der Waals surface area contributed by atoms with Crippen molar-refractivity contribution >= 4 is 11.6 Å². The molecular formula is C40H43N3O10. The number of aryl methyl sites for hydroxylation is 1. The minimum Gasteiger partial charge on any atom is -0.493 e. The van der Waals surface area contributed by atoms with E-state index in [1.165, 1.54) is 0 Å². The molecule has 1 aliphatic rings. The van der Waals surface area contributed by atoms with Gasteiger partial charge in [-0.05, 0) is 73.9 Å². The molecule has 0 aliphatic carbocycles. The van der Waals surface area contributed by atoms with E-state index in [0.717, 1.165) is 16.8 Å². The molecule has 2 N–H and O–H groups in total. The van der Waals surface area contributed by atoms with Gasteiger partial charge in [-0.1, -0.05) is 22.9 Å². The molecule has 0 saturated carbocycles. The molecule has 2 heterocycles. The van der Waals surface area contributed by atoms with Gasteiger partial charge in [0.25, 0.3) is 5.91 Å². The lowest BCUT2D eigenvalue weighted by Crippen LogP contribution is -2.38. The summed E-state index contributed by atoms with van der Waals surface area (Å²) in [6, 6.07) is 20.4. The van der Waals surface area contributed by atoms with E-state index in [1.807, 2.05) is 61.5 Å². The third kappa shape index (κ3) is 7.83. The van der Waals surface area contributed by atoms with E-state index in [1.54, 1.807) is 54.8 Å². The summed E-state index contributed by atoms with van der Waals surface area (Å²) in [5, 5.41) is 10.7. The van der Waals surface area contributed by atoms with E-state index in [9.17, 15) is 4.79 Å². The van der Waals surface area contributed by atoms with Crippen molar-refractivity contribution in [2.45, 2.75) is 25.9 Å². The maximum absolute atomic E-state index is 12.8. The van der Waals surface area contributed by atoms with Crippen molar-refractivity contribution < 1.29 is 47.2 Å². The molecule has 0 radical (unpaired) electrons. The molecule has 5 aromatic rings. The summed E-state index contributed by atoms with van der Waals surface area (Å²) in [5.74, 6) is 4.48. The Bertz CT molecular complexity index is 2030. The van der Waals surface area contributed by atoms with Gasteiger partial charge in [-0.25, -0.2) is 0 Å². The van der Waals surface area contributed by atoms with Crippen LogP contribution in [0.4, 0.5) is 5.69 Å². The van der Waals surface area contributed by atoms with Gasteiger partial charge >= 0.3 is 0 Å². The van der Waals surface area contributed by atoms with Crippen molar-refractivity contribution in [1.82, 2.24) is 10.5 Å². The normalized spacial score (nSPS) is 13.3. The number of anilines is 1. The summed E-state index contributed by atoms with van der Waals surface area (Å²) < 4.78 is 51.3. The van der Waals surface area contributed by atoms with Gasteiger partial charge in [0.2, 0.25) is 11.5 Å². The second kappa shape index (κ2) is 16.4. The maximum Gasteiger partial charge on any atom is 0.255 e. The minimum absolute atomic E-state index is 0.127. The highest BCUT2D eigenvalue weighted by Gasteiger charge is 2.26.